The molecule has 2 atom stereocenters. The van der Waals surface area contributed by atoms with E-state index in [4.69, 9.17) is 10.6 Å². The molecule has 0 saturated carbocycles. The average molecular weight is 502 g/mol. The third-order valence-electron chi connectivity index (χ3n) is 4.73. The van der Waals surface area contributed by atoms with Crippen LogP contribution in [0.2, 0.25) is 0 Å². The summed E-state index contributed by atoms with van der Waals surface area (Å²) in [7, 11) is -4.87. The topological polar surface area (TPSA) is 220 Å². The fourth-order valence-corrected chi connectivity index (χ4v) is 4.41. The number of hydrogen-bond acceptors (Lipinski definition) is 12. The van der Waals surface area contributed by atoms with Crippen LogP contribution in [0.4, 0.5) is 5.13 Å². The van der Waals surface area contributed by atoms with Gasteiger partial charge < -0.3 is 20.2 Å². The van der Waals surface area contributed by atoms with Gasteiger partial charge in [0.25, 0.3) is 0 Å². The van der Waals surface area contributed by atoms with E-state index < -0.39 is 57.7 Å². The number of aromatic nitrogens is 4. The van der Waals surface area contributed by atoms with Crippen LogP contribution in [-0.4, -0.2) is 77.1 Å². The van der Waals surface area contributed by atoms with Crippen molar-refractivity contribution in [3.63, 3.8) is 0 Å². The molecule has 0 spiro atoms. The minimum atomic E-state index is -4.87. The number of hydrogen-bond donors (Lipinski definition) is 3. The smallest absolute Gasteiger partial charge is 0.362 e. The maximum atomic E-state index is 13.0. The molecule has 3 rings (SSSR count). The number of oxime groups is 1. The standard InChI is InChI=1S/C16H19N7O8S2/c1-16(2,14(26)27)31-21-12(9-5-32-15(17)20-9)11(24)3-8-10(4-22-6-18-19-7-22)23(13(8)25)33(28,29)30/h5-8,10H,3-4H2,1-2H3,(H2,17,20)(H,26,27)(H,28,29,30)/b21-12-/t8-,10+/m0/s1. The van der Waals surface area contributed by atoms with E-state index in [1.165, 1.54) is 36.4 Å². The third-order valence-corrected chi connectivity index (χ3v) is 6.35. The van der Waals surface area contributed by atoms with Crippen molar-refractivity contribution in [1.29, 1.82) is 0 Å². The lowest BCUT2D eigenvalue weighted by molar-refractivity contribution is -0.161. The zero-order valence-corrected chi connectivity index (χ0v) is 18.9. The molecule has 15 nitrogen and oxygen atoms in total. The third kappa shape index (κ3) is 5.15. The SMILES string of the molecule is CC(C)(O/N=C(\C(=O)C[C@@H]1C(=O)N(S(=O)(=O)O)[C@@H]1Cn1cnnc1)c1csc(N)n1)C(=O)O. The number of ketones is 1. The number of nitrogens with zero attached hydrogens (tertiary/aromatic N) is 6. The Morgan fingerprint density at radius 1 is 1.33 bits per heavy atom. The molecule has 3 heterocycles. The van der Waals surface area contributed by atoms with Crippen molar-refractivity contribution >= 4 is 50.1 Å². The molecule has 1 aliphatic rings. The van der Waals surface area contributed by atoms with Crippen molar-refractivity contribution in [2.75, 3.05) is 5.73 Å². The summed E-state index contributed by atoms with van der Waals surface area (Å²) in [6.45, 7) is 2.31. The molecule has 0 aliphatic carbocycles. The van der Waals surface area contributed by atoms with Gasteiger partial charge in [-0.3, -0.25) is 14.1 Å². The Labute approximate surface area is 190 Å². The lowest BCUT2D eigenvalue weighted by Gasteiger charge is -2.44. The van der Waals surface area contributed by atoms with E-state index in [0.717, 1.165) is 11.3 Å². The number of carbonyl (C=O) groups excluding carboxylic acids is 2. The molecule has 4 N–H and O–H groups in total. The molecule has 0 bridgehead atoms. The predicted octanol–water partition coefficient (Wildman–Crippen LogP) is -0.810. The number of Topliss-reactive ketones (excluding diaryl/α,β-unsaturated/α-hetero) is 1. The normalized spacial score (nSPS) is 19.3. The first kappa shape index (κ1) is 24.2. The summed E-state index contributed by atoms with van der Waals surface area (Å²) in [4.78, 5) is 45.8. The summed E-state index contributed by atoms with van der Waals surface area (Å²) in [6.07, 6.45) is 2.03. The van der Waals surface area contributed by atoms with Crippen molar-refractivity contribution in [3.05, 3.63) is 23.7 Å². The lowest BCUT2D eigenvalue weighted by atomic mass is 9.84. The highest BCUT2D eigenvalue weighted by Crippen LogP contribution is 2.34. The molecular weight excluding hydrogens is 482 g/mol. The number of nitrogens with two attached hydrogens (primary N) is 1. The molecular formula is C16H19N7O8S2. The van der Waals surface area contributed by atoms with Crippen molar-refractivity contribution in [1.82, 2.24) is 24.1 Å². The summed E-state index contributed by atoms with van der Waals surface area (Å²) < 4.78 is 34.3. The van der Waals surface area contributed by atoms with Crippen LogP contribution in [-0.2, 0) is 36.1 Å². The maximum absolute atomic E-state index is 13.0. The van der Waals surface area contributed by atoms with Gasteiger partial charge in [0.2, 0.25) is 11.5 Å². The highest BCUT2D eigenvalue weighted by molar-refractivity contribution is 7.84. The number of aliphatic carboxylic acids is 1. The van der Waals surface area contributed by atoms with Gasteiger partial charge in [-0.1, -0.05) is 5.16 Å². The fourth-order valence-electron chi connectivity index (χ4n) is 2.95. The van der Waals surface area contributed by atoms with Crippen molar-refractivity contribution < 1.29 is 37.3 Å². The number of β-lactam (4-membered cyclic amide) rings is 1. The number of amides is 1. The second-order valence-electron chi connectivity index (χ2n) is 7.49. The van der Waals surface area contributed by atoms with E-state index in [-0.39, 0.29) is 21.7 Å². The number of nitrogen functional groups attached to an aromatic ring is 1. The molecule has 0 unspecified atom stereocenters. The van der Waals surface area contributed by atoms with Crippen LogP contribution < -0.4 is 5.73 Å². The summed E-state index contributed by atoms with van der Waals surface area (Å²) in [5.41, 5.74) is 3.44. The van der Waals surface area contributed by atoms with Gasteiger partial charge in [0.15, 0.2) is 16.6 Å². The Kier molecular flexibility index (Phi) is 6.48. The van der Waals surface area contributed by atoms with Gasteiger partial charge in [0.05, 0.1) is 12.0 Å². The van der Waals surface area contributed by atoms with Crippen LogP contribution >= 0.6 is 11.3 Å². The summed E-state index contributed by atoms with van der Waals surface area (Å²) in [5.74, 6) is -4.25. The van der Waals surface area contributed by atoms with Crippen LogP contribution in [0.15, 0.2) is 23.2 Å². The highest BCUT2D eigenvalue weighted by Gasteiger charge is 2.54. The molecule has 0 aromatic carbocycles. The Balaban J connectivity index is 1.88. The number of thiazole rings is 1. The molecule has 0 radical (unpaired) electrons. The van der Waals surface area contributed by atoms with Crippen molar-refractivity contribution in [3.8, 4) is 0 Å². The minimum absolute atomic E-state index is 0.00235. The second kappa shape index (κ2) is 8.83. The lowest BCUT2D eigenvalue weighted by Crippen LogP contribution is -2.64. The Bertz CT molecular complexity index is 1210. The Morgan fingerprint density at radius 2 is 1.97 bits per heavy atom. The first-order valence-electron chi connectivity index (χ1n) is 9.18. The quantitative estimate of drug-likeness (QED) is 0.157. The Morgan fingerprint density at radius 3 is 2.48 bits per heavy atom. The number of rotatable bonds is 10. The Hall–Kier alpha value is -3.44. The number of carboxylic acids is 1. The number of carboxylic acid groups (broad SMARTS) is 1. The van der Waals surface area contributed by atoms with Gasteiger partial charge in [-0.15, -0.1) is 21.5 Å². The van der Waals surface area contributed by atoms with Crippen LogP contribution in [0, 0.1) is 5.92 Å². The summed E-state index contributed by atoms with van der Waals surface area (Å²) in [6, 6.07) is -1.11. The highest BCUT2D eigenvalue weighted by atomic mass is 32.2. The zero-order chi connectivity index (χ0) is 24.6. The summed E-state index contributed by atoms with van der Waals surface area (Å²) >= 11 is 0.993. The van der Waals surface area contributed by atoms with Crippen molar-refractivity contribution in [2.24, 2.45) is 11.1 Å². The first-order chi connectivity index (χ1) is 15.3. The van der Waals surface area contributed by atoms with Crippen molar-refractivity contribution in [2.45, 2.75) is 38.5 Å². The van der Waals surface area contributed by atoms with E-state index in [1.54, 1.807) is 0 Å². The number of carbonyl (C=O) groups is 3. The van der Waals surface area contributed by atoms with Crippen LogP contribution in [0.3, 0.4) is 0 Å². The summed E-state index contributed by atoms with van der Waals surface area (Å²) in [5, 5.41) is 21.5. The van der Waals surface area contributed by atoms with E-state index >= 15 is 0 Å². The minimum Gasteiger partial charge on any atom is -0.478 e. The molecule has 1 saturated heterocycles. The number of anilines is 1. The van der Waals surface area contributed by atoms with E-state index in [2.05, 4.69) is 20.3 Å². The van der Waals surface area contributed by atoms with E-state index in [9.17, 15) is 32.5 Å². The van der Waals surface area contributed by atoms with Gasteiger partial charge in [-0.25, -0.2) is 14.1 Å². The first-order valence-corrected chi connectivity index (χ1v) is 11.5. The van der Waals surface area contributed by atoms with E-state index in [1.807, 2.05) is 0 Å². The average Bonchev–Trinajstić information content (AvgIpc) is 3.36. The molecule has 178 valence electrons. The monoisotopic (exact) mass is 501 g/mol. The molecule has 1 amide bonds. The van der Waals surface area contributed by atoms with E-state index in [0.29, 0.717) is 0 Å². The van der Waals surface area contributed by atoms with Crippen LogP contribution in [0.25, 0.3) is 0 Å². The molecule has 1 aliphatic heterocycles. The van der Waals surface area contributed by atoms with Gasteiger partial charge in [-0.05, 0) is 13.8 Å². The fraction of sp³-hybridized carbons (Fsp3) is 0.438. The predicted molar refractivity (Wildman–Crippen MR) is 111 cm³/mol. The van der Waals surface area contributed by atoms with Gasteiger partial charge >= 0.3 is 16.3 Å². The molecule has 17 heteroatoms. The zero-order valence-electron chi connectivity index (χ0n) is 17.2. The van der Waals surface area contributed by atoms with Crippen LogP contribution in [0.5, 0.6) is 0 Å². The molecule has 2 aromatic heterocycles. The second-order valence-corrected chi connectivity index (χ2v) is 9.67. The van der Waals surface area contributed by atoms with Gasteiger partial charge in [0.1, 0.15) is 18.3 Å². The largest absolute Gasteiger partial charge is 0.478 e. The van der Waals surface area contributed by atoms with Crippen LogP contribution in [0.1, 0.15) is 26.0 Å². The van der Waals surface area contributed by atoms with Gasteiger partial charge in [-0.2, -0.15) is 8.42 Å². The molecule has 2 aromatic rings. The van der Waals surface area contributed by atoms with Gasteiger partial charge in [0, 0.05) is 18.3 Å². The maximum Gasteiger partial charge on any atom is 0.362 e. The molecule has 1 fully saturated rings. The molecule has 33 heavy (non-hydrogen) atoms.